The van der Waals surface area contributed by atoms with Crippen LogP contribution >= 0.6 is 11.6 Å². The molecule has 3 rings (SSSR count). The van der Waals surface area contributed by atoms with Crippen LogP contribution in [0.2, 0.25) is 5.02 Å². The molecule has 1 heterocycles. The van der Waals surface area contributed by atoms with E-state index >= 15 is 0 Å². The minimum atomic E-state index is -0.530. The molecule has 1 amide bonds. The fraction of sp³-hybridized carbons (Fsp3) is 0.550. The molecule has 5 nitrogen and oxygen atoms in total. The number of nitrogens with zero attached hydrogens (tertiary/aromatic N) is 2. The summed E-state index contributed by atoms with van der Waals surface area (Å²) in [6.45, 7) is 5.36. The molecule has 1 saturated carbocycles. The Hall–Kier alpha value is -1.90. The topological polar surface area (TPSA) is 66.4 Å². The number of fused-ring (bicyclic) bond motifs is 2. The Labute approximate surface area is 159 Å². The van der Waals surface area contributed by atoms with Crippen molar-refractivity contribution in [3.8, 4) is 11.8 Å². The number of hydrogen-bond donors (Lipinski definition) is 1. The minimum absolute atomic E-state index is 0.207. The first-order valence-corrected chi connectivity index (χ1v) is 9.41. The first-order chi connectivity index (χ1) is 12.3. The van der Waals surface area contributed by atoms with Crippen LogP contribution in [0.4, 0.5) is 5.69 Å². The van der Waals surface area contributed by atoms with Gasteiger partial charge in [0.05, 0.1) is 15.5 Å². The third-order valence-corrected chi connectivity index (χ3v) is 5.99. The summed E-state index contributed by atoms with van der Waals surface area (Å²) in [4.78, 5) is 28.4. The SMILES string of the molecule is CC#CC(C)c1cc(N)c(Cl)cc1C(=O)[N+](=O)C1C2CCC1CN(C)C2. The van der Waals surface area contributed by atoms with Crippen molar-refractivity contribution < 1.29 is 9.55 Å². The second-order valence-corrected chi connectivity index (χ2v) is 7.92. The van der Waals surface area contributed by atoms with Gasteiger partial charge in [-0.3, -0.25) is 0 Å². The van der Waals surface area contributed by atoms with Crippen molar-refractivity contribution in [1.29, 1.82) is 0 Å². The number of hydrogen-bond acceptors (Lipinski definition) is 4. The van der Waals surface area contributed by atoms with Gasteiger partial charge < -0.3 is 10.6 Å². The van der Waals surface area contributed by atoms with E-state index in [0.717, 1.165) is 25.9 Å². The van der Waals surface area contributed by atoms with Crippen LogP contribution < -0.4 is 5.73 Å². The Morgan fingerprint density at radius 2 is 1.96 bits per heavy atom. The fourth-order valence-electron chi connectivity index (χ4n) is 4.51. The maximum atomic E-state index is 13.1. The molecule has 2 aliphatic rings. The van der Waals surface area contributed by atoms with Crippen LogP contribution in [0.25, 0.3) is 0 Å². The molecule has 0 aromatic heterocycles. The van der Waals surface area contributed by atoms with Crippen molar-refractivity contribution in [3.05, 3.63) is 33.2 Å². The highest BCUT2D eigenvalue weighted by atomic mass is 35.5. The van der Waals surface area contributed by atoms with Gasteiger partial charge in [0.2, 0.25) is 6.04 Å². The lowest BCUT2D eigenvalue weighted by Crippen LogP contribution is -2.49. The van der Waals surface area contributed by atoms with Crippen molar-refractivity contribution in [3.63, 3.8) is 0 Å². The van der Waals surface area contributed by atoms with E-state index in [2.05, 4.69) is 23.8 Å². The number of nitroso groups, excluding NO2 is 1. The summed E-state index contributed by atoms with van der Waals surface area (Å²) in [5.74, 6) is 5.62. The van der Waals surface area contributed by atoms with Crippen molar-refractivity contribution in [2.75, 3.05) is 25.9 Å². The van der Waals surface area contributed by atoms with E-state index in [9.17, 15) is 9.70 Å². The summed E-state index contributed by atoms with van der Waals surface area (Å²) in [6, 6.07) is 2.93. The number of nitrogens with two attached hydrogens (primary N) is 1. The third-order valence-electron chi connectivity index (χ3n) is 5.66. The molecule has 0 spiro atoms. The molecule has 1 saturated heterocycles. The van der Waals surface area contributed by atoms with Gasteiger partial charge in [-0.15, -0.1) is 5.92 Å². The van der Waals surface area contributed by atoms with Gasteiger partial charge in [-0.2, -0.15) is 0 Å². The molecule has 26 heavy (non-hydrogen) atoms. The predicted molar refractivity (Wildman–Crippen MR) is 103 cm³/mol. The Morgan fingerprint density at radius 3 is 2.54 bits per heavy atom. The summed E-state index contributed by atoms with van der Waals surface area (Å²) in [7, 11) is 2.07. The van der Waals surface area contributed by atoms with Gasteiger partial charge in [0, 0.05) is 35.8 Å². The molecule has 3 unspecified atom stereocenters. The van der Waals surface area contributed by atoms with Crippen LogP contribution in [-0.4, -0.2) is 41.7 Å². The third kappa shape index (κ3) is 3.36. The Balaban J connectivity index is 1.95. The highest BCUT2D eigenvalue weighted by Crippen LogP contribution is 2.39. The van der Waals surface area contributed by atoms with Crippen LogP contribution in [0.3, 0.4) is 0 Å². The zero-order chi connectivity index (χ0) is 19.0. The molecule has 3 atom stereocenters. The van der Waals surface area contributed by atoms with Gasteiger partial charge >= 0.3 is 5.91 Å². The minimum Gasteiger partial charge on any atom is -0.398 e. The van der Waals surface area contributed by atoms with Gasteiger partial charge in [-0.25, -0.2) is 4.79 Å². The van der Waals surface area contributed by atoms with E-state index < -0.39 is 5.91 Å². The molecule has 2 fully saturated rings. The fourth-order valence-corrected chi connectivity index (χ4v) is 4.67. The average molecular weight is 375 g/mol. The predicted octanol–water partition coefficient (Wildman–Crippen LogP) is 3.31. The molecule has 2 bridgehead atoms. The highest BCUT2D eigenvalue weighted by Gasteiger charge is 2.53. The summed E-state index contributed by atoms with van der Waals surface area (Å²) < 4.78 is 0.701. The smallest absolute Gasteiger partial charge is 0.398 e. The second kappa shape index (κ2) is 7.38. The van der Waals surface area contributed by atoms with Crippen LogP contribution in [0.15, 0.2) is 12.1 Å². The maximum Gasteiger partial charge on any atom is 0.465 e. The zero-order valence-corrected chi connectivity index (χ0v) is 16.2. The van der Waals surface area contributed by atoms with Gasteiger partial charge in [0.25, 0.3) is 0 Å². The number of anilines is 1. The standard InChI is InChI=1S/C20H24ClN3O2/c1-4-5-12(2)15-9-18(22)17(21)8-16(15)20(25)24(26)19-13-6-7-14(19)11-23(3)10-13/h8-9,12-14,19H,6-7,10-11H2,1-3H3,(H-,22,25)/p+1. The van der Waals surface area contributed by atoms with Gasteiger partial charge in [0.1, 0.15) is 5.56 Å². The van der Waals surface area contributed by atoms with E-state index in [1.54, 1.807) is 13.0 Å². The van der Waals surface area contributed by atoms with Gasteiger partial charge in [0.15, 0.2) is 0 Å². The van der Waals surface area contributed by atoms with E-state index in [0.29, 0.717) is 21.6 Å². The molecule has 2 N–H and O–H groups in total. The van der Waals surface area contributed by atoms with Crippen LogP contribution in [0, 0.1) is 28.6 Å². The van der Waals surface area contributed by atoms with E-state index in [1.165, 1.54) is 6.07 Å². The number of carbonyl (C=O) groups is 1. The number of amides is 1. The lowest BCUT2D eigenvalue weighted by molar-refractivity contribution is -0.511. The number of benzene rings is 1. The summed E-state index contributed by atoms with van der Waals surface area (Å²) >= 11 is 6.15. The first kappa shape index (κ1) is 18.9. The Morgan fingerprint density at radius 1 is 1.35 bits per heavy atom. The average Bonchev–Trinajstić information content (AvgIpc) is 2.87. The quantitative estimate of drug-likeness (QED) is 0.500. The summed E-state index contributed by atoms with van der Waals surface area (Å²) in [5, 5.41) is 0.286. The van der Waals surface area contributed by atoms with Gasteiger partial charge in [-0.1, -0.05) is 17.5 Å². The summed E-state index contributed by atoms with van der Waals surface area (Å²) in [6.07, 6.45) is 2.00. The maximum absolute atomic E-state index is 13.1. The molecule has 138 valence electrons. The molecule has 1 aromatic rings. The molecule has 1 aliphatic heterocycles. The number of carbonyl (C=O) groups excluding carboxylic acids is 1. The molecule has 0 radical (unpaired) electrons. The van der Waals surface area contributed by atoms with Crippen molar-refractivity contribution in [1.82, 2.24) is 4.90 Å². The van der Waals surface area contributed by atoms with Gasteiger partial charge in [-0.05, 0) is 51.4 Å². The van der Waals surface area contributed by atoms with Crippen LogP contribution in [0.5, 0.6) is 0 Å². The number of nitrogen functional groups attached to an aromatic ring is 1. The number of rotatable bonds is 3. The second-order valence-electron chi connectivity index (χ2n) is 7.52. The lowest BCUT2D eigenvalue weighted by Gasteiger charge is -2.30. The monoisotopic (exact) mass is 374 g/mol. The number of halogens is 1. The van der Waals surface area contributed by atoms with Crippen LogP contribution in [-0.2, 0) is 0 Å². The normalized spacial score (nSPS) is 26.1. The Bertz CT molecular complexity index is 797. The molecular formula is C20H25ClN3O2+. The van der Waals surface area contributed by atoms with E-state index in [4.69, 9.17) is 17.3 Å². The van der Waals surface area contributed by atoms with Crippen molar-refractivity contribution in [2.24, 2.45) is 11.8 Å². The Kier molecular flexibility index (Phi) is 5.36. The molecule has 1 aromatic carbocycles. The van der Waals surface area contributed by atoms with Crippen molar-refractivity contribution in [2.45, 2.75) is 38.6 Å². The largest absolute Gasteiger partial charge is 0.465 e. The van der Waals surface area contributed by atoms with E-state index in [1.807, 2.05) is 6.92 Å². The highest BCUT2D eigenvalue weighted by molar-refractivity contribution is 6.33. The zero-order valence-electron chi connectivity index (χ0n) is 15.5. The van der Waals surface area contributed by atoms with Crippen molar-refractivity contribution >= 4 is 23.2 Å². The molecule has 6 heteroatoms. The molecule has 1 aliphatic carbocycles. The summed E-state index contributed by atoms with van der Waals surface area (Å²) in [5.41, 5.74) is 7.28. The van der Waals surface area contributed by atoms with E-state index in [-0.39, 0.29) is 28.8 Å². The van der Waals surface area contributed by atoms with Crippen LogP contribution in [0.1, 0.15) is 48.5 Å². The number of piperidine rings is 1. The number of likely N-dealkylation sites (tertiary alicyclic amines) is 1. The first-order valence-electron chi connectivity index (χ1n) is 9.03. The lowest BCUT2D eigenvalue weighted by atomic mass is 9.90. The molecular weight excluding hydrogens is 350 g/mol.